The molecule has 0 aliphatic heterocycles. The average Bonchev–Trinajstić information content (AvgIpc) is 2.88. The Morgan fingerprint density at radius 2 is 2.00 bits per heavy atom. The van der Waals surface area contributed by atoms with Crippen molar-refractivity contribution >= 4 is 10.0 Å². The minimum atomic E-state index is -3.44. The van der Waals surface area contributed by atoms with Gasteiger partial charge in [0.2, 0.25) is 10.0 Å². The summed E-state index contributed by atoms with van der Waals surface area (Å²) >= 11 is 0. The first-order valence-electron chi connectivity index (χ1n) is 7.22. The van der Waals surface area contributed by atoms with Crippen molar-refractivity contribution in [2.75, 3.05) is 47.3 Å². The number of hydrogen-bond donors (Lipinski definition) is 1. The average molecular weight is 317 g/mol. The van der Waals surface area contributed by atoms with Crippen molar-refractivity contribution in [1.82, 2.24) is 24.3 Å². The highest BCUT2D eigenvalue weighted by molar-refractivity contribution is 7.89. The van der Waals surface area contributed by atoms with Crippen molar-refractivity contribution in [1.29, 1.82) is 0 Å². The Morgan fingerprint density at radius 3 is 2.62 bits per heavy atom. The molecule has 0 aromatic carbocycles. The fourth-order valence-electron chi connectivity index (χ4n) is 1.88. The molecule has 1 aromatic heterocycles. The minimum absolute atomic E-state index is 0.256. The number of rotatable bonds is 10. The monoisotopic (exact) mass is 317 g/mol. The van der Waals surface area contributed by atoms with E-state index in [0.717, 1.165) is 26.1 Å². The molecular weight excluding hydrogens is 290 g/mol. The van der Waals surface area contributed by atoms with Gasteiger partial charge in [-0.1, -0.05) is 6.92 Å². The Hall–Kier alpha value is -0.960. The number of likely N-dealkylation sites (N-methyl/N-ethyl adjacent to an activating group) is 1. The Bertz CT molecular complexity index is 512. The maximum Gasteiger partial charge on any atom is 0.245 e. The van der Waals surface area contributed by atoms with Crippen LogP contribution in [0.4, 0.5) is 0 Å². The van der Waals surface area contributed by atoms with E-state index in [2.05, 4.69) is 10.4 Å². The summed E-state index contributed by atoms with van der Waals surface area (Å²) < 4.78 is 27.8. The molecule has 7 nitrogen and oxygen atoms in total. The Kier molecular flexibility index (Phi) is 7.30. The van der Waals surface area contributed by atoms with Crippen molar-refractivity contribution in [3.63, 3.8) is 0 Å². The summed E-state index contributed by atoms with van der Waals surface area (Å²) in [4.78, 5) is 2.30. The molecule has 0 saturated heterocycles. The van der Waals surface area contributed by atoms with Crippen LogP contribution in [-0.4, -0.2) is 74.7 Å². The van der Waals surface area contributed by atoms with Crippen molar-refractivity contribution < 1.29 is 8.42 Å². The largest absolute Gasteiger partial charge is 0.315 e. The van der Waals surface area contributed by atoms with Crippen LogP contribution in [0.1, 0.15) is 13.3 Å². The highest BCUT2D eigenvalue weighted by atomic mass is 32.2. The van der Waals surface area contributed by atoms with Crippen LogP contribution in [0.15, 0.2) is 17.3 Å². The molecule has 21 heavy (non-hydrogen) atoms. The van der Waals surface area contributed by atoms with Crippen LogP contribution in [0.25, 0.3) is 0 Å². The Morgan fingerprint density at radius 1 is 1.29 bits per heavy atom. The van der Waals surface area contributed by atoms with E-state index in [9.17, 15) is 8.42 Å². The molecule has 0 amide bonds. The second-order valence-corrected chi connectivity index (χ2v) is 7.32. The fourth-order valence-corrected chi connectivity index (χ4v) is 3.04. The summed E-state index contributed by atoms with van der Waals surface area (Å²) in [5.41, 5.74) is 0. The molecule has 122 valence electrons. The van der Waals surface area contributed by atoms with Crippen LogP contribution in [0.5, 0.6) is 0 Å². The number of aromatic nitrogens is 2. The van der Waals surface area contributed by atoms with Gasteiger partial charge in [0, 0.05) is 26.3 Å². The summed E-state index contributed by atoms with van der Waals surface area (Å²) in [6, 6.07) is 0. The third-order valence-electron chi connectivity index (χ3n) is 3.16. The predicted molar refractivity (Wildman–Crippen MR) is 83.8 cm³/mol. The molecule has 8 heteroatoms. The molecule has 0 aliphatic carbocycles. The molecule has 0 radical (unpaired) electrons. The zero-order chi connectivity index (χ0) is 15.9. The smallest absolute Gasteiger partial charge is 0.245 e. The zero-order valence-corrected chi connectivity index (χ0v) is 14.2. The Balaban J connectivity index is 2.60. The topological polar surface area (TPSA) is 70.5 Å². The van der Waals surface area contributed by atoms with E-state index < -0.39 is 10.0 Å². The van der Waals surface area contributed by atoms with Crippen LogP contribution < -0.4 is 5.32 Å². The van der Waals surface area contributed by atoms with E-state index >= 15 is 0 Å². The molecule has 0 fully saturated rings. The second-order valence-electron chi connectivity index (χ2n) is 5.28. The van der Waals surface area contributed by atoms with Gasteiger partial charge in [-0.15, -0.1) is 0 Å². The highest BCUT2D eigenvalue weighted by Gasteiger charge is 2.22. The molecule has 0 spiro atoms. The molecule has 0 saturated carbocycles. The summed E-state index contributed by atoms with van der Waals surface area (Å²) in [6.07, 6.45) is 3.82. The van der Waals surface area contributed by atoms with Crippen LogP contribution in [-0.2, 0) is 16.6 Å². The van der Waals surface area contributed by atoms with Gasteiger partial charge >= 0.3 is 0 Å². The second kappa shape index (κ2) is 8.47. The highest BCUT2D eigenvalue weighted by Crippen LogP contribution is 2.13. The SMILES string of the molecule is CCNCCn1cc(S(=O)(=O)N(C)CCCN(C)C)cn1. The van der Waals surface area contributed by atoms with Gasteiger partial charge in [-0.25, -0.2) is 12.7 Å². The first-order chi connectivity index (χ1) is 9.87. The zero-order valence-electron chi connectivity index (χ0n) is 13.4. The minimum Gasteiger partial charge on any atom is -0.315 e. The third kappa shape index (κ3) is 5.74. The van der Waals surface area contributed by atoms with Gasteiger partial charge in [-0.2, -0.15) is 5.10 Å². The maximum atomic E-state index is 12.4. The van der Waals surface area contributed by atoms with Crippen molar-refractivity contribution in [2.24, 2.45) is 0 Å². The van der Waals surface area contributed by atoms with Crippen LogP contribution in [0.2, 0.25) is 0 Å². The van der Waals surface area contributed by atoms with E-state index in [-0.39, 0.29) is 4.90 Å². The molecular formula is C13H27N5O2S. The van der Waals surface area contributed by atoms with Gasteiger partial charge in [0.05, 0.1) is 12.7 Å². The molecule has 0 unspecified atom stereocenters. The van der Waals surface area contributed by atoms with Crippen molar-refractivity contribution in [3.05, 3.63) is 12.4 Å². The number of nitrogens with zero attached hydrogens (tertiary/aromatic N) is 4. The first-order valence-corrected chi connectivity index (χ1v) is 8.66. The lowest BCUT2D eigenvalue weighted by Gasteiger charge is -2.17. The fraction of sp³-hybridized carbons (Fsp3) is 0.769. The summed E-state index contributed by atoms with van der Waals surface area (Å²) in [7, 11) is 2.13. The van der Waals surface area contributed by atoms with Crippen molar-refractivity contribution in [2.45, 2.75) is 24.8 Å². The van der Waals surface area contributed by atoms with Gasteiger partial charge < -0.3 is 10.2 Å². The quantitative estimate of drug-likeness (QED) is 0.618. The van der Waals surface area contributed by atoms with Crippen LogP contribution in [0, 0.1) is 0 Å². The van der Waals surface area contributed by atoms with E-state index in [1.807, 2.05) is 25.9 Å². The Labute approximate surface area is 128 Å². The first kappa shape index (κ1) is 18.1. The molecule has 1 heterocycles. The molecule has 1 aromatic rings. The lowest BCUT2D eigenvalue weighted by Crippen LogP contribution is -2.29. The number of nitrogens with one attached hydrogen (secondary N) is 1. The summed E-state index contributed by atoms with van der Waals surface area (Å²) in [5, 5.41) is 7.29. The maximum absolute atomic E-state index is 12.4. The molecule has 0 atom stereocenters. The van der Waals surface area contributed by atoms with Gasteiger partial charge in [0.15, 0.2) is 0 Å². The lowest BCUT2D eigenvalue weighted by molar-refractivity contribution is 0.370. The lowest BCUT2D eigenvalue weighted by atomic mass is 10.4. The van der Waals surface area contributed by atoms with Gasteiger partial charge in [-0.3, -0.25) is 4.68 Å². The standard InChI is InChI=1S/C13H27N5O2S/c1-5-14-7-10-18-12-13(11-15-18)21(19,20)17(4)9-6-8-16(2)3/h11-12,14H,5-10H2,1-4H3. The third-order valence-corrected chi connectivity index (χ3v) is 4.97. The normalized spacial score (nSPS) is 12.5. The summed E-state index contributed by atoms with van der Waals surface area (Å²) in [5.74, 6) is 0. The molecule has 1 N–H and O–H groups in total. The van der Waals surface area contributed by atoms with Crippen LogP contribution >= 0.6 is 0 Å². The predicted octanol–water partition coefficient (Wildman–Crippen LogP) is 0.0648. The summed E-state index contributed by atoms with van der Waals surface area (Å²) in [6.45, 7) is 5.72. The van der Waals surface area contributed by atoms with Gasteiger partial charge in [-0.05, 0) is 33.6 Å². The molecule has 1 rings (SSSR count). The number of sulfonamides is 1. The molecule has 0 bridgehead atoms. The van der Waals surface area contributed by atoms with E-state index in [0.29, 0.717) is 13.1 Å². The van der Waals surface area contributed by atoms with E-state index in [4.69, 9.17) is 0 Å². The number of hydrogen-bond acceptors (Lipinski definition) is 5. The van der Waals surface area contributed by atoms with Crippen LogP contribution in [0.3, 0.4) is 0 Å². The van der Waals surface area contributed by atoms with E-state index in [1.54, 1.807) is 17.9 Å². The van der Waals surface area contributed by atoms with Gasteiger partial charge in [0.25, 0.3) is 0 Å². The van der Waals surface area contributed by atoms with E-state index in [1.165, 1.54) is 10.5 Å². The van der Waals surface area contributed by atoms with Crippen molar-refractivity contribution in [3.8, 4) is 0 Å². The van der Waals surface area contributed by atoms with Gasteiger partial charge in [0.1, 0.15) is 4.90 Å². The molecule has 0 aliphatic rings.